The number of carboxylic acid groups (broad SMARTS) is 1. The Bertz CT molecular complexity index is 573. The van der Waals surface area contributed by atoms with Crippen LogP contribution in [-0.2, 0) is 11.2 Å². The van der Waals surface area contributed by atoms with Crippen molar-refractivity contribution in [1.82, 2.24) is 10.9 Å². The number of nitrogens with two attached hydrogens (primary N) is 1. The number of hydrazine groups is 1. The molecule has 0 heterocycles. The minimum atomic E-state index is -0.998. The molecule has 8 heteroatoms. The predicted octanol–water partition coefficient (Wildman–Crippen LogP) is 1.39. The van der Waals surface area contributed by atoms with Gasteiger partial charge in [-0.15, -0.1) is 0 Å². The maximum atomic E-state index is 11.3. The van der Waals surface area contributed by atoms with E-state index in [0.717, 1.165) is 5.56 Å². The van der Waals surface area contributed by atoms with Crippen LogP contribution in [-0.4, -0.2) is 27.4 Å². The van der Waals surface area contributed by atoms with E-state index in [0.29, 0.717) is 12.1 Å². The van der Waals surface area contributed by atoms with Crippen molar-refractivity contribution in [2.24, 2.45) is 16.6 Å². The molecule has 5 N–H and O–H groups in total. The van der Waals surface area contributed by atoms with E-state index in [4.69, 9.17) is 5.73 Å². The van der Waals surface area contributed by atoms with Crippen molar-refractivity contribution in [3.05, 3.63) is 29.8 Å². The van der Waals surface area contributed by atoms with Crippen LogP contribution in [0.5, 0.6) is 0 Å². The predicted molar refractivity (Wildman–Crippen MR) is 88.5 cm³/mol. The highest BCUT2D eigenvalue weighted by Gasteiger charge is 2.25. The SMILES string of the molecule is CC(Cc1ccccc1N=C=S)[C@H](NNC(N)=S)C(=O)O. The number of nitrogens with zero attached hydrogens (tertiary/aromatic N) is 1. The number of aliphatic carboxylic acids is 1. The summed E-state index contributed by atoms with van der Waals surface area (Å²) in [5.74, 6) is -1.23. The Labute approximate surface area is 133 Å². The van der Waals surface area contributed by atoms with E-state index in [2.05, 4.69) is 45.4 Å². The minimum absolute atomic E-state index is 0.0147. The molecule has 6 nitrogen and oxygen atoms in total. The molecule has 0 aliphatic carbocycles. The summed E-state index contributed by atoms with van der Waals surface area (Å²) in [6, 6.07) is 6.53. The number of thiocarbonyl (C=S) groups is 2. The lowest BCUT2D eigenvalue weighted by atomic mass is 9.93. The zero-order valence-corrected chi connectivity index (χ0v) is 13.0. The van der Waals surface area contributed by atoms with Crippen LogP contribution in [0.4, 0.5) is 5.69 Å². The van der Waals surface area contributed by atoms with Gasteiger partial charge < -0.3 is 10.8 Å². The van der Waals surface area contributed by atoms with Crippen LogP contribution in [0.3, 0.4) is 0 Å². The van der Waals surface area contributed by atoms with Gasteiger partial charge >= 0.3 is 5.97 Å². The molecule has 0 radical (unpaired) electrons. The van der Waals surface area contributed by atoms with Crippen LogP contribution in [0, 0.1) is 5.92 Å². The lowest BCUT2D eigenvalue weighted by Crippen LogP contribution is -2.53. The Morgan fingerprint density at radius 3 is 2.76 bits per heavy atom. The maximum absolute atomic E-state index is 11.3. The van der Waals surface area contributed by atoms with Crippen molar-refractivity contribution in [2.75, 3.05) is 0 Å². The van der Waals surface area contributed by atoms with Gasteiger partial charge in [0.05, 0.1) is 10.8 Å². The summed E-state index contributed by atoms with van der Waals surface area (Å²) in [6.45, 7) is 1.81. The summed E-state index contributed by atoms with van der Waals surface area (Å²) in [5, 5.41) is 11.6. The van der Waals surface area contributed by atoms with Crippen LogP contribution in [0.2, 0.25) is 0 Å². The Morgan fingerprint density at radius 1 is 1.52 bits per heavy atom. The normalized spacial score (nSPS) is 12.8. The molecule has 0 saturated carbocycles. The third-order valence-corrected chi connectivity index (χ3v) is 3.08. The van der Waals surface area contributed by atoms with E-state index in [1.807, 2.05) is 25.1 Å². The fraction of sp³-hybridized carbons (Fsp3) is 0.308. The molecule has 1 aromatic rings. The van der Waals surface area contributed by atoms with E-state index in [1.165, 1.54) is 0 Å². The summed E-state index contributed by atoms with van der Waals surface area (Å²) in [7, 11) is 0. The van der Waals surface area contributed by atoms with Gasteiger partial charge in [-0.2, -0.15) is 4.99 Å². The van der Waals surface area contributed by atoms with Crippen molar-refractivity contribution >= 4 is 46.4 Å². The monoisotopic (exact) mass is 324 g/mol. The minimum Gasteiger partial charge on any atom is -0.480 e. The summed E-state index contributed by atoms with van der Waals surface area (Å²) < 4.78 is 0. The average molecular weight is 324 g/mol. The first-order chi connectivity index (χ1) is 9.95. The Hall–Kier alpha value is -1.86. The number of para-hydroxylation sites is 1. The second-order valence-electron chi connectivity index (χ2n) is 4.46. The fourth-order valence-electron chi connectivity index (χ4n) is 1.90. The Morgan fingerprint density at radius 2 is 2.19 bits per heavy atom. The van der Waals surface area contributed by atoms with E-state index in [1.54, 1.807) is 6.07 Å². The van der Waals surface area contributed by atoms with Crippen molar-refractivity contribution in [3.63, 3.8) is 0 Å². The standard InChI is InChI=1S/C13H16N4O2S2/c1-8(11(12(18)19)16-17-13(14)21)6-9-4-2-3-5-10(9)15-7-20/h2-5,8,11,16H,6H2,1H3,(H,18,19)(H3,14,17,21)/t8?,11-/m0/s1. The van der Waals surface area contributed by atoms with Gasteiger partial charge in [-0.05, 0) is 48.4 Å². The molecule has 0 aliphatic rings. The number of aliphatic imine (C=N–C) groups is 1. The van der Waals surface area contributed by atoms with E-state index in [9.17, 15) is 9.90 Å². The third-order valence-electron chi connectivity index (χ3n) is 2.89. The van der Waals surface area contributed by atoms with Gasteiger partial charge in [0.1, 0.15) is 6.04 Å². The van der Waals surface area contributed by atoms with Gasteiger partial charge in [-0.25, -0.2) is 5.43 Å². The summed E-state index contributed by atoms with van der Waals surface area (Å²) in [5.41, 5.74) is 11.9. The highest BCUT2D eigenvalue weighted by Crippen LogP contribution is 2.22. The summed E-state index contributed by atoms with van der Waals surface area (Å²) >= 11 is 9.26. The fourth-order valence-corrected chi connectivity index (χ4v) is 2.06. The van der Waals surface area contributed by atoms with Crippen molar-refractivity contribution in [3.8, 4) is 0 Å². The smallest absolute Gasteiger partial charge is 0.322 e. The van der Waals surface area contributed by atoms with Crippen LogP contribution in [0.1, 0.15) is 12.5 Å². The molecule has 0 amide bonds. The second-order valence-corrected chi connectivity index (χ2v) is 5.09. The first-order valence-electron chi connectivity index (χ1n) is 6.15. The molecule has 112 valence electrons. The molecule has 0 fully saturated rings. The summed E-state index contributed by atoms with van der Waals surface area (Å²) in [6.07, 6.45) is 0.500. The molecule has 21 heavy (non-hydrogen) atoms. The molecule has 0 saturated heterocycles. The number of hydrogen-bond acceptors (Lipinski definition) is 5. The molecule has 1 rings (SSSR count). The first kappa shape index (κ1) is 17.2. The number of benzene rings is 1. The van der Waals surface area contributed by atoms with Crippen LogP contribution in [0.15, 0.2) is 29.3 Å². The van der Waals surface area contributed by atoms with Crippen molar-refractivity contribution < 1.29 is 9.90 Å². The lowest BCUT2D eigenvalue weighted by molar-refractivity contribution is -0.141. The first-order valence-corrected chi connectivity index (χ1v) is 6.97. The molecule has 1 unspecified atom stereocenters. The van der Waals surface area contributed by atoms with Crippen LogP contribution in [0.25, 0.3) is 0 Å². The second kappa shape index (κ2) is 8.43. The zero-order chi connectivity index (χ0) is 15.8. The number of hydrogen-bond donors (Lipinski definition) is 4. The number of carboxylic acids is 1. The number of carbonyl (C=O) groups is 1. The zero-order valence-electron chi connectivity index (χ0n) is 11.4. The largest absolute Gasteiger partial charge is 0.480 e. The quantitative estimate of drug-likeness (QED) is 0.342. The molecule has 1 aromatic carbocycles. The van der Waals surface area contributed by atoms with Gasteiger partial charge in [0, 0.05) is 0 Å². The lowest BCUT2D eigenvalue weighted by Gasteiger charge is -2.22. The Kier molecular flexibility index (Phi) is 6.90. The molecular weight excluding hydrogens is 308 g/mol. The van der Waals surface area contributed by atoms with Gasteiger partial charge in [0.2, 0.25) is 0 Å². The van der Waals surface area contributed by atoms with Crippen LogP contribution < -0.4 is 16.6 Å². The van der Waals surface area contributed by atoms with E-state index >= 15 is 0 Å². The Balaban J connectivity index is 2.86. The van der Waals surface area contributed by atoms with Crippen molar-refractivity contribution in [1.29, 1.82) is 0 Å². The molecular formula is C13H16N4O2S2. The number of nitrogens with one attached hydrogen (secondary N) is 2. The highest BCUT2D eigenvalue weighted by atomic mass is 32.1. The topological polar surface area (TPSA) is 99.7 Å². The van der Waals surface area contributed by atoms with E-state index < -0.39 is 12.0 Å². The van der Waals surface area contributed by atoms with Crippen LogP contribution >= 0.6 is 24.4 Å². The highest BCUT2D eigenvalue weighted by molar-refractivity contribution is 7.80. The van der Waals surface area contributed by atoms with Gasteiger partial charge in [-0.1, -0.05) is 25.1 Å². The molecule has 0 spiro atoms. The number of isothiocyanates is 1. The molecule has 0 aliphatic heterocycles. The van der Waals surface area contributed by atoms with Crippen molar-refractivity contribution in [2.45, 2.75) is 19.4 Å². The van der Waals surface area contributed by atoms with Gasteiger partial charge in [0.25, 0.3) is 0 Å². The summed E-state index contributed by atoms with van der Waals surface area (Å²) in [4.78, 5) is 15.3. The molecule has 0 bridgehead atoms. The average Bonchev–Trinajstić information content (AvgIpc) is 2.40. The maximum Gasteiger partial charge on any atom is 0.322 e. The number of rotatable bonds is 7. The molecule has 0 aromatic heterocycles. The molecule has 2 atom stereocenters. The van der Waals surface area contributed by atoms with Gasteiger partial charge in [0.15, 0.2) is 5.11 Å². The van der Waals surface area contributed by atoms with E-state index in [-0.39, 0.29) is 11.0 Å². The van der Waals surface area contributed by atoms with Gasteiger partial charge in [-0.3, -0.25) is 10.2 Å². The third kappa shape index (κ3) is 5.57.